The molecule has 0 spiro atoms. The van der Waals surface area contributed by atoms with Crippen molar-refractivity contribution in [2.24, 2.45) is 0 Å². The van der Waals surface area contributed by atoms with Crippen molar-refractivity contribution < 1.29 is 27.9 Å². The summed E-state index contributed by atoms with van der Waals surface area (Å²) in [5, 5.41) is 13.6. The number of pyridine rings is 2. The molecule has 0 radical (unpaired) electrons. The van der Waals surface area contributed by atoms with Crippen LogP contribution in [-0.2, 0) is 22.6 Å². The Labute approximate surface area is 227 Å². The van der Waals surface area contributed by atoms with E-state index in [-0.39, 0.29) is 5.91 Å². The molecule has 5 aromatic rings. The molecule has 0 saturated carbocycles. The van der Waals surface area contributed by atoms with E-state index in [1.165, 1.54) is 0 Å². The van der Waals surface area contributed by atoms with Crippen molar-refractivity contribution in [3.63, 3.8) is 0 Å². The maximum atomic E-state index is 12.2. The smallest absolute Gasteiger partial charge is 0.475 e. The minimum Gasteiger partial charge on any atom is -0.475 e. The van der Waals surface area contributed by atoms with Crippen LogP contribution in [0.15, 0.2) is 104 Å². The average Bonchev–Trinajstić information content (AvgIpc) is 3.32. The first-order valence-corrected chi connectivity index (χ1v) is 12.0. The maximum Gasteiger partial charge on any atom is 0.490 e. The predicted molar refractivity (Wildman–Crippen MR) is 144 cm³/mol. The van der Waals surface area contributed by atoms with Gasteiger partial charge in [-0.05, 0) is 47.5 Å². The molecule has 40 heavy (non-hydrogen) atoms. The number of alkyl halides is 3. The van der Waals surface area contributed by atoms with Gasteiger partial charge >= 0.3 is 12.1 Å². The molecule has 0 atom stereocenters. The van der Waals surface area contributed by atoms with Crippen LogP contribution in [0.3, 0.4) is 0 Å². The van der Waals surface area contributed by atoms with Gasteiger partial charge in [0.1, 0.15) is 17.2 Å². The Morgan fingerprint density at radius 2 is 1.57 bits per heavy atom. The normalized spacial score (nSPS) is 10.9. The Hall–Kier alpha value is -5.19. The largest absolute Gasteiger partial charge is 0.490 e. The van der Waals surface area contributed by atoms with E-state index in [0.29, 0.717) is 13.0 Å². The molecule has 8 nitrogen and oxygen atoms in total. The van der Waals surface area contributed by atoms with Crippen LogP contribution in [0, 0.1) is 0 Å². The molecule has 0 saturated heterocycles. The standard InChI is InChI=1S/C27H23N5O.C2HF3O2/c33-25(17-20-7-2-1-3-8-20)29-18-21-11-13-23(14-12-21)30-27-26(22-9-6-15-28-19-22)31-24-10-4-5-16-32(24)27;3-2(4,5)1(6)7/h1-16,19,30H,17-18H2,(H,29,33);(H,6,7). The van der Waals surface area contributed by atoms with Gasteiger partial charge in [-0.1, -0.05) is 48.5 Å². The fraction of sp³-hybridized carbons (Fsp3) is 0.103. The van der Waals surface area contributed by atoms with Crippen LogP contribution in [-0.4, -0.2) is 37.5 Å². The predicted octanol–water partition coefficient (Wildman–Crippen LogP) is 5.63. The van der Waals surface area contributed by atoms with Gasteiger partial charge in [0.15, 0.2) is 0 Å². The molecule has 0 aliphatic carbocycles. The fourth-order valence-electron chi connectivity index (χ4n) is 3.71. The quantitative estimate of drug-likeness (QED) is 0.244. The number of aromatic nitrogens is 3. The lowest BCUT2D eigenvalue weighted by molar-refractivity contribution is -0.192. The summed E-state index contributed by atoms with van der Waals surface area (Å²) in [5.41, 5.74) is 5.62. The molecule has 3 aromatic heterocycles. The Kier molecular flexibility index (Phi) is 8.75. The highest BCUT2D eigenvalue weighted by atomic mass is 19.4. The van der Waals surface area contributed by atoms with Crippen LogP contribution in [0.1, 0.15) is 11.1 Å². The summed E-state index contributed by atoms with van der Waals surface area (Å²) in [6, 6.07) is 27.6. The zero-order valence-corrected chi connectivity index (χ0v) is 21.0. The number of carboxylic acids is 1. The summed E-state index contributed by atoms with van der Waals surface area (Å²) in [4.78, 5) is 30.2. The molecule has 3 N–H and O–H groups in total. The van der Waals surface area contributed by atoms with E-state index in [9.17, 15) is 18.0 Å². The molecule has 0 aliphatic heterocycles. The second kappa shape index (κ2) is 12.6. The monoisotopic (exact) mass is 547 g/mol. The number of anilines is 2. The maximum absolute atomic E-state index is 12.2. The number of imidazole rings is 1. The Morgan fingerprint density at radius 1 is 0.875 bits per heavy atom. The minimum absolute atomic E-state index is 0.00948. The molecule has 5 rings (SSSR count). The van der Waals surface area contributed by atoms with Crippen LogP contribution in [0.5, 0.6) is 0 Å². The summed E-state index contributed by atoms with van der Waals surface area (Å²) >= 11 is 0. The Balaban J connectivity index is 0.000000470. The Bertz CT molecular complexity index is 1570. The molecule has 1 amide bonds. The third-order valence-electron chi connectivity index (χ3n) is 5.62. The highest BCUT2D eigenvalue weighted by Gasteiger charge is 2.38. The third kappa shape index (κ3) is 7.44. The first-order valence-electron chi connectivity index (χ1n) is 12.0. The lowest BCUT2D eigenvalue weighted by Gasteiger charge is -2.10. The van der Waals surface area contributed by atoms with Gasteiger partial charge in [-0.2, -0.15) is 13.2 Å². The van der Waals surface area contributed by atoms with Crippen molar-refractivity contribution in [3.05, 3.63) is 115 Å². The number of carbonyl (C=O) groups is 2. The molecular weight excluding hydrogens is 523 g/mol. The van der Waals surface area contributed by atoms with E-state index in [4.69, 9.17) is 14.9 Å². The van der Waals surface area contributed by atoms with Crippen LogP contribution < -0.4 is 10.6 Å². The third-order valence-corrected chi connectivity index (χ3v) is 5.62. The lowest BCUT2D eigenvalue weighted by Crippen LogP contribution is -2.24. The second-order valence-electron chi connectivity index (χ2n) is 8.54. The number of carbonyl (C=O) groups excluding carboxylic acids is 1. The first kappa shape index (κ1) is 27.8. The lowest BCUT2D eigenvalue weighted by atomic mass is 10.1. The number of nitrogens with one attached hydrogen (secondary N) is 2. The number of carboxylic acid groups (broad SMARTS) is 1. The average molecular weight is 548 g/mol. The number of rotatable bonds is 7. The van der Waals surface area contributed by atoms with E-state index in [0.717, 1.165) is 39.5 Å². The van der Waals surface area contributed by atoms with Crippen molar-refractivity contribution in [2.75, 3.05) is 5.32 Å². The Morgan fingerprint density at radius 3 is 2.23 bits per heavy atom. The van der Waals surface area contributed by atoms with Gasteiger partial charge < -0.3 is 15.7 Å². The molecule has 2 aromatic carbocycles. The summed E-state index contributed by atoms with van der Waals surface area (Å²) in [7, 11) is 0. The molecule has 3 heterocycles. The number of amides is 1. The van der Waals surface area contributed by atoms with Crippen molar-refractivity contribution in [3.8, 4) is 11.3 Å². The zero-order valence-electron chi connectivity index (χ0n) is 21.0. The summed E-state index contributed by atoms with van der Waals surface area (Å²) in [6.45, 7) is 0.489. The van der Waals surface area contributed by atoms with Crippen molar-refractivity contribution in [1.82, 2.24) is 19.7 Å². The fourth-order valence-corrected chi connectivity index (χ4v) is 3.71. The van der Waals surface area contributed by atoms with Gasteiger partial charge in [0.05, 0.1) is 6.42 Å². The topological polar surface area (TPSA) is 109 Å². The number of nitrogens with zero attached hydrogens (tertiary/aromatic N) is 3. The van der Waals surface area contributed by atoms with Crippen molar-refractivity contribution in [2.45, 2.75) is 19.1 Å². The molecule has 0 unspecified atom stereocenters. The van der Waals surface area contributed by atoms with Crippen molar-refractivity contribution in [1.29, 1.82) is 0 Å². The van der Waals surface area contributed by atoms with E-state index >= 15 is 0 Å². The number of benzene rings is 2. The summed E-state index contributed by atoms with van der Waals surface area (Å²) in [5.74, 6) is -1.87. The van der Waals surface area contributed by atoms with E-state index < -0.39 is 12.1 Å². The SMILES string of the molecule is O=C(Cc1ccccc1)NCc1ccc(Nc2c(-c3cccnc3)nc3ccccn23)cc1.O=C(O)C(F)(F)F. The molecule has 204 valence electrons. The van der Waals surface area contributed by atoms with Crippen molar-refractivity contribution >= 4 is 29.0 Å². The number of halogens is 3. The van der Waals surface area contributed by atoms with Gasteiger partial charge in [-0.3, -0.25) is 14.2 Å². The van der Waals surface area contributed by atoms with E-state index in [2.05, 4.69) is 15.6 Å². The van der Waals surface area contributed by atoms with Gasteiger partial charge in [0.2, 0.25) is 5.91 Å². The van der Waals surface area contributed by atoms with Gasteiger partial charge in [0.25, 0.3) is 0 Å². The number of hydrogen-bond acceptors (Lipinski definition) is 5. The van der Waals surface area contributed by atoms with Crippen LogP contribution >= 0.6 is 0 Å². The second-order valence-corrected chi connectivity index (χ2v) is 8.54. The summed E-state index contributed by atoms with van der Waals surface area (Å²) < 4.78 is 33.8. The number of aliphatic carboxylic acids is 1. The zero-order chi connectivity index (χ0) is 28.5. The molecule has 11 heteroatoms. The van der Waals surface area contributed by atoms with Crippen LogP contribution in [0.25, 0.3) is 16.9 Å². The highest BCUT2D eigenvalue weighted by molar-refractivity contribution is 5.80. The molecule has 0 aliphatic rings. The van der Waals surface area contributed by atoms with Crippen LogP contribution in [0.4, 0.5) is 24.7 Å². The first-order chi connectivity index (χ1) is 19.2. The van der Waals surface area contributed by atoms with Gasteiger partial charge in [-0.25, -0.2) is 9.78 Å². The molecule has 0 fully saturated rings. The van der Waals surface area contributed by atoms with Gasteiger partial charge in [0, 0.05) is 36.4 Å². The van der Waals surface area contributed by atoms with E-state index in [1.807, 2.05) is 102 Å². The minimum atomic E-state index is -5.08. The molecular formula is C29H24F3N5O3. The number of hydrogen-bond donors (Lipinski definition) is 3. The van der Waals surface area contributed by atoms with Gasteiger partial charge in [-0.15, -0.1) is 0 Å². The summed E-state index contributed by atoms with van der Waals surface area (Å²) in [6.07, 6.45) is 0.852. The van der Waals surface area contributed by atoms with Crippen LogP contribution in [0.2, 0.25) is 0 Å². The highest BCUT2D eigenvalue weighted by Crippen LogP contribution is 2.30. The molecule has 0 bridgehead atoms. The van der Waals surface area contributed by atoms with E-state index in [1.54, 1.807) is 6.20 Å². The number of fused-ring (bicyclic) bond motifs is 1.